The van der Waals surface area contributed by atoms with Gasteiger partial charge in [-0.2, -0.15) is 0 Å². The van der Waals surface area contributed by atoms with Gasteiger partial charge in [0.05, 0.1) is 5.75 Å². The second kappa shape index (κ2) is 7.50. The van der Waals surface area contributed by atoms with Gasteiger partial charge in [0.1, 0.15) is 0 Å². The van der Waals surface area contributed by atoms with Crippen LogP contribution < -0.4 is 5.32 Å². The number of halogens is 1. The topological polar surface area (TPSA) is 29.1 Å². The van der Waals surface area contributed by atoms with Crippen LogP contribution in [0.5, 0.6) is 0 Å². The quantitative estimate of drug-likeness (QED) is 0.852. The lowest BCUT2D eigenvalue weighted by Gasteiger charge is -2.05. The lowest BCUT2D eigenvalue weighted by atomic mass is 10.2. The van der Waals surface area contributed by atoms with Gasteiger partial charge in [0.15, 0.2) is 0 Å². The first-order valence-electron chi connectivity index (χ1n) is 6.32. The van der Waals surface area contributed by atoms with Crippen molar-refractivity contribution in [1.29, 1.82) is 0 Å². The van der Waals surface area contributed by atoms with Crippen molar-refractivity contribution in [2.45, 2.75) is 12.7 Å². The minimum absolute atomic E-state index is 0.0319. The Morgan fingerprint density at radius 1 is 1.10 bits per heavy atom. The molecule has 0 spiro atoms. The molecular formula is C16H16BrNOS. The molecule has 0 radical (unpaired) electrons. The average Bonchev–Trinajstić information content (AvgIpc) is 2.44. The number of carbonyl (C=O) groups is 1. The van der Waals surface area contributed by atoms with Crippen LogP contribution in [-0.4, -0.2) is 11.7 Å². The van der Waals surface area contributed by atoms with E-state index in [0.29, 0.717) is 5.75 Å². The molecule has 0 aromatic heterocycles. The summed E-state index contributed by atoms with van der Waals surface area (Å²) in [5.41, 5.74) is 3.33. The van der Waals surface area contributed by atoms with Crippen LogP contribution in [0.25, 0.3) is 0 Å². The summed E-state index contributed by atoms with van der Waals surface area (Å²) >= 11 is 4.99. The number of benzene rings is 2. The second-order valence-electron chi connectivity index (χ2n) is 4.53. The monoisotopic (exact) mass is 349 g/mol. The molecule has 0 fully saturated rings. The van der Waals surface area contributed by atoms with Crippen LogP contribution in [0.2, 0.25) is 0 Å². The first-order chi connectivity index (χ1) is 9.63. The third-order valence-electron chi connectivity index (χ3n) is 2.75. The van der Waals surface area contributed by atoms with E-state index in [9.17, 15) is 4.79 Å². The number of hydrogen-bond acceptors (Lipinski definition) is 2. The highest BCUT2D eigenvalue weighted by Gasteiger charge is 2.03. The normalized spacial score (nSPS) is 10.3. The number of thioether (sulfide) groups is 1. The molecule has 0 aliphatic rings. The van der Waals surface area contributed by atoms with Gasteiger partial charge < -0.3 is 5.32 Å². The van der Waals surface area contributed by atoms with Gasteiger partial charge in [-0.3, -0.25) is 4.79 Å². The number of nitrogens with one attached hydrogen (secondary N) is 1. The maximum atomic E-state index is 11.8. The predicted octanol–water partition coefficient (Wildman–Crippen LogP) is 4.63. The SMILES string of the molecule is Cc1ccc(CSCC(=O)Nc2ccc(Br)cc2)cc1. The minimum Gasteiger partial charge on any atom is -0.325 e. The number of rotatable bonds is 5. The van der Waals surface area contributed by atoms with Gasteiger partial charge in [-0.25, -0.2) is 0 Å². The van der Waals surface area contributed by atoms with Crippen molar-refractivity contribution in [1.82, 2.24) is 0 Å². The molecule has 0 aliphatic heterocycles. The van der Waals surface area contributed by atoms with Gasteiger partial charge in [0.25, 0.3) is 0 Å². The number of aryl methyl sites for hydroxylation is 1. The van der Waals surface area contributed by atoms with Crippen LogP contribution in [0.4, 0.5) is 5.69 Å². The molecule has 2 aromatic rings. The Labute approximate surface area is 132 Å². The zero-order chi connectivity index (χ0) is 14.4. The van der Waals surface area contributed by atoms with Crippen molar-refractivity contribution in [3.8, 4) is 0 Å². The van der Waals surface area contributed by atoms with Crippen molar-refractivity contribution in [2.24, 2.45) is 0 Å². The first kappa shape index (κ1) is 15.1. The van der Waals surface area contributed by atoms with Crippen LogP contribution in [0.3, 0.4) is 0 Å². The fourth-order valence-corrected chi connectivity index (χ4v) is 2.73. The van der Waals surface area contributed by atoms with Gasteiger partial charge in [-0.1, -0.05) is 45.8 Å². The van der Waals surface area contributed by atoms with Crippen LogP contribution in [-0.2, 0) is 10.5 Å². The largest absolute Gasteiger partial charge is 0.325 e. The molecule has 4 heteroatoms. The maximum absolute atomic E-state index is 11.8. The zero-order valence-electron chi connectivity index (χ0n) is 11.2. The summed E-state index contributed by atoms with van der Waals surface area (Å²) in [5.74, 6) is 1.35. The number of amides is 1. The summed E-state index contributed by atoms with van der Waals surface area (Å²) in [6.45, 7) is 2.07. The molecule has 0 heterocycles. The third kappa shape index (κ3) is 5.02. The Hall–Kier alpha value is -1.26. The average molecular weight is 350 g/mol. The van der Waals surface area contributed by atoms with Gasteiger partial charge in [-0.05, 0) is 36.8 Å². The van der Waals surface area contributed by atoms with E-state index >= 15 is 0 Å². The standard InChI is InChI=1S/C16H16BrNOS/c1-12-2-4-13(5-3-12)10-20-11-16(19)18-15-8-6-14(17)7-9-15/h2-9H,10-11H2,1H3,(H,18,19). The molecule has 2 aromatic carbocycles. The highest BCUT2D eigenvalue weighted by molar-refractivity contribution is 9.10. The molecule has 1 N–H and O–H groups in total. The summed E-state index contributed by atoms with van der Waals surface area (Å²) in [5, 5.41) is 2.88. The summed E-state index contributed by atoms with van der Waals surface area (Å²) in [6, 6.07) is 16.0. The Kier molecular flexibility index (Phi) is 5.68. The van der Waals surface area contributed by atoms with Crippen molar-refractivity contribution < 1.29 is 4.79 Å². The van der Waals surface area contributed by atoms with Crippen LogP contribution in [0, 0.1) is 6.92 Å². The molecule has 0 atom stereocenters. The Morgan fingerprint density at radius 3 is 2.40 bits per heavy atom. The Morgan fingerprint density at radius 2 is 1.75 bits per heavy atom. The third-order valence-corrected chi connectivity index (χ3v) is 4.28. The van der Waals surface area contributed by atoms with Crippen molar-refractivity contribution in [3.05, 3.63) is 64.1 Å². The van der Waals surface area contributed by atoms with Gasteiger partial charge >= 0.3 is 0 Å². The van der Waals surface area contributed by atoms with E-state index in [1.54, 1.807) is 11.8 Å². The van der Waals surface area contributed by atoms with Gasteiger partial charge in [0.2, 0.25) is 5.91 Å². The van der Waals surface area contributed by atoms with E-state index < -0.39 is 0 Å². The molecule has 2 rings (SSSR count). The molecule has 1 amide bonds. The van der Waals surface area contributed by atoms with Gasteiger partial charge in [0, 0.05) is 15.9 Å². The minimum atomic E-state index is 0.0319. The number of hydrogen-bond donors (Lipinski definition) is 1. The van der Waals surface area contributed by atoms with E-state index in [1.807, 2.05) is 24.3 Å². The summed E-state index contributed by atoms with van der Waals surface area (Å²) in [4.78, 5) is 11.8. The van der Waals surface area contributed by atoms with Crippen LogP contribution in [0.15, 0.2) is 53.0 Å². The van der Waals surface area contributed by atoms with Crippen molar-refractivity contribution >= 4 is 39.3 Å². The van der Waals surface area contributed by atoms with E-state index in [2.05, 4.69) is 52.4 Å². The smallest absolute Gasteiger partial charge is 0.234 e. The molecular weight excluding hydrogens is 334 g/mol. The highest BCUT2D eigenvalue weighted by Crippen LogP contribution is 2.16. The van der Waals surface area contributed by atoms with Crippen LogP contribution >= 0.6 is 27.7 Å². The molecule has 0 aliphatic carbocycles. The van der Waals surface area contributed by atoms with E-state index in [-0.39, 0.29) is 5.91 Å². The maximum Gasteiger partial charge on any atom is 0.234 e. The van der Waals surface area contributed by atoms with E-state index in [4.69, 9.17) is 0 Å². The fourth-order valence-electron chi connectivity index (χ4n) is 1.68. The molecule has 0 saturated carbocycles. The van der Waals surface area contributed by atoms with E-state index in [1.165, 1.54) is 11.1 Å². The summed E-state index contributed by atoms with van der Waals surface area (Å²) in [6.07, 6.45) is 0. The number of anilines is 1. The summed E-state index contributed by atoms with van der Waals surface area (Å²) < 4.78 is 1.00. The highest BCUT2D eigenvalue weighted by atomic mass is 79.9. The molecule has 0 bridgehead atoms. The zero-order valence-corrected chi connectivity index (χ0v) is 13.6. The summed E-state index contributed by atoms with van der Waals surface area (Å²) in [7, 11) is 0. The lowest BCUT2D eigenvalue weighted by molar-refractivity contribution is -0.113. The Bertz CT molecular complexity index is 566. The molecule has 0 unspecified atom stereocenters. The fraction of sp³-hybridized carbons (Fsp3) is 0.188. The van der Waals surface area contributed by atoms with Gasteiger partial charge in [-0.15, -0.1) is 11.8 Å². The van der Waals surface area contributed by atoms with E-state index in [0.717, 1.165) is 15.9 Å². The molecule has 20 heavy (non-hydrogen) atoms. The first-order valence-corrected chi connectivity index (χ1v) is 8.27. The Balaban J connectivity index is 1.75. The molecule has 104 valence electrons. The molecule has 2 nitrogen and oxygen atoms in total. The molecule has 0 saturated heterocycles. The number of carbonyl (C=O) groups excluding carboxylic acids is 1. The van der Waals surface area contributed by atoms with Crippen LogP contribution in [0.1, 0.15) is 11.1 Å². The predicted molar refractivity (Wildman–Crippen MR) is 90.1 cm³/mol. The second-order valence-corrected chi connectivity index (χ2v) is 6.43. The lowest BCUT2D eigenvalue weighted by Crippen LogP contribution is -2.14. The van der Waals surface area contributed by atoms with Crippen molar-refractivity contribution in [3.63, 3.8) is 0 Å². The van der Waals surface area contributed by atoms with Crippen molar-refractivity contribution in [2.75, 3.05) is 11.1 Å².